The van der Waals surface area contributed by atoms with Crippen LogP contribution in [0.4, 0.5) is 4.39 Å². The van der Waals surface area contributed by atoms with Gasteiger partial charge in [0.1, 0.15) is 10.6 Å². The van der Waals surface area contributed by atoms with Gasteiger partial charge in [-0.25, -0.2) is 9.37 Å². The lowest BCUT2D eigenvalue weighted by atomic mass is 10.2. The van der Waals surface area contributed by atoms with Gasteiger partial charge in [-0.05, 0) is 37.1 Å². The molecule has 1 aromatic carbocycles. The molecule has 20 heavy (non-hydrogen) atoms. The number of rotatable bonds is 2. The summed E-state index contributed by atoms with van der Waals surface area (Å²) in [5, 5.41) is 0.692. The quantitative estimate of drug-likeness (QED) is 0.725. The van der Waals surface area contributed by atoms with Crippen LogP contribution in [0.3, 0.4) is 0 Å². The van der Waals surface area contributed by atoms with Crippen molar-refractivity contribution in [2.45, 2.75) is 20.4 Å². The van der Waals surface area contributed by atoms with E-state index >= 15 is 0 Å². The van der Waals surface area contributed by atoms with Crippen molar-refractivity contribution in [2.75, 3.05) is 0 Å². The minimum atomic E-state index is -0.279. The second kappa shape index (κ2) is 4.83. The first-order valence-electron chi connectivity index (χ1n) is 6.26. The van der Waals surface area contributed by atoms with Gasteiger partial charge in [0.2, 0.25) is 0 Å². The van der Waals surface area contributed by atoms with Gasteiger partial charge >= 0.3 is 0 Å². The monoisotopic (exact) mass is 288 g/mol. The van der Waals surface area contributed by atoms with Crippen LogP contribution in [0.25, 0.3) is 10.2 Å². The molecule has 0 aliphatic carbocycles. The van der Waals surface area contributed by atoms with Gasteiger partial charge in [0.05, 0.1) is 18.3 Å². The van der Waals surface area contributed by atoms with Gasteiger partial charge in [0.15, 0.2) is 0 Å². The molecule has 102 valence electrons. The molecule has 0 spiro atoms. The maximum Gasteiger partial charge on any atom is 0.262 e. The SMILES string of the molecule is Cc1sc2ncn(Cc3ccc(F)cc3)c(=O)c2c1C. The molecule has 2 aromatic heterocycles. The fraction of sp³-hybridized carbons (Fsp3) is 0.200. The predicted molar refractivity (Wildman–Crippen MR) is 78.9 cm³/mol. The second-order valence-electron chi connectivity index (χ2n) is 4.77. The Labute approximate surface area is 119 Å². The lowest BCUT2D eigenvalue weighted by molar-refractivity contribution is 0.626. The summed E-state index contributed by atoms with van der Waals surface area (Å²) in [6.45, 7) is 4.33. The normalized spacial score (nSPS) is 11.2. The number of benzene rings is 1. The average Bonchev–Trinajstić information content (AvgIpc) is 2.72. The standard InChI is InChI=1S/C15H13FN2OS/c1-9-10(2)20-14-13(9)15(19)18(8-17-14)7-11-3-5-12(16)6-4-11/h3-6,8H,7H2,1-2H3. The van der Waals surface area contributed by atoms with Crippen LogP contribution >= 0.6 is 11.3 Å². The van der Waals surface area contributed by atoms with Gasteiger partial charge in [-0.15, -0.1) is 11.3 Å². The Kier molecular flexibility index (Phi) is 3.14. The lowest BCUT2D eigenvalue weighted by Crippen LogP contribution is -2.21. The van der Waals surface area contributed by atoms with Crippen molar-refractivity contribution >= 4 is 21.6 Å². The van der Waals surface area contributed by atoms with Crippen molar-refractivity contribution in [2.24, 2.45) is 0 Å². The summed E-state index contributed by atoms with van der Waals surface area (Å²) in [7, 11) is 0. The van der Waals surface area contributed by atoms with E-state index in [2.05, 4.69) is 4.98 Å². The fourth-order valence-corrected chi connectivity index (χ4v) is 3.16. The summed E-state index contributed by atoms with van der Waals surface area (Å²) in [6, 6.07) is 6.15. The Morgan fingerprint density at radius 1 is 1.25 bits per heavy atom. The molecule has 3 nitrogen and oxygen atoms in total. The molecule has 0 bridgehead atoms. The zero-order valence-corrected chi connectivity index (χ0v) is 12.0. The highest BCUT2D eigenvalue weighted by atomic mass is 32.1. The van der Waals surface area contributed by atoms with Crippen molar-refractivity contribution in [3.8, 4) is 0 Å². The molecule has 2 heterocycles. The zero-order valence-electron chi connectivity index (χ0n) is 11.2. The number of aromatic nitrogens is 2. The fourth-order valence-electron chi connectivity index (χ4n) is 2.17. The molecule has 0 fully saturated rings. The molecule has 0 N–H and O–H groups in total. The summed E-state index contributed by atoms with van der Waals surface area (Å²) in [5.74, 6) is -0.279. The topological polar surface area (TPSA) is 34.9 Å². The summed E-state index contributed by atoms with van der Waals surface area (Å²) >= 11 is 1.54. The minimum absolute atomic E-state index is 0.0406. The molecule has 5 heteroatoms. The van der Waals surface area contributed by atoms with Crippen LogP contribution in [-0.4, -0.2) is 9.55 Å². The summed E-state index contributed by atoms with van der Waals surface area (Å²) in [5.41, 5.74) is 1.83. The third-order valence-electron chi connectivity index (χ3n) is 3.42. The van der Waals surface area contributed by atoms with Gasteiger partial charge < -0.3 is 0 Å². The predicted octanol–water partition coefficient (Wildman–Crippen LogP) is 3.26. The smallest absolute Gasteiger partial charge is 0.262 e. The van der Waals surface area contributed by atoms with E-state index in [1.807, 2.05) is 13.8 Å². The van der Waals surface area contributed by atoms with Crippen LogP contribution in [0.2, 0.25) is 0 Å². The van der Waals surface area contributed by atoms with Crippen molar-refractivity contribution in [1.82, 2.24) is 9.55 Å². The van der Waals surface area contributed by atoms with E-state index < -0.39 is 0 Å². The highest BCUT2D eigenvalue weighted by Crippen LogP contribution is 2.25. The number of aryl methyl sites for hydroxylation is 2. The van der Waals surface area contributed by atoms with E-state index in [1.54, 1.807) is 23.0 Å². The largest absolute Gasteiger partial charge is 0.294 e. The molecule has 0 saturated heterocycles. The summed E-state index contributed by atoms with van der Waals surface area (Å²) in [4.78, 5) is 18.7. The van der Waals surface area contributed by atoms with Gasteiger partial charge in [-0.2, -0.15) is 0 Å². The molecule has 0 aliphatic heterocycles. The van der Waals surface area contributed by atoms with E-state index in [-0.39, 0.29) is 11.4 Å². The number of thiophene rings is 1. The number of nitrogens with zero attached hydrogens (tertiary/aromatic N) is 2. The number of halogens is 1. The van der Waals surface area contributed by atoms with Crippen LogP contribution in [0.1, 0.15) is 16.0 Å². The molecule has 0 aliphatic rings. The van der Waals surface area contributed by atoms with Crippen LogP contribution < -0.4 is 5.56 Å². The summed E-state index contributed by atoms with van der Waals surface area (Å²) in [6.07, 6.45) is 1.56. The third-order valence-corrected chi connectivity index (χ3v) is 4.54. The first kappa shape index (κ1) is 13.0. The number of hydrogen-bond donors (Lipinski definition) is 0. The molecule has 0 unspecified atom stereocenters. The van der Waals surface area contributed by atoms with Gasteiger partial charge in [-0.1, -0.05) is 12.1 Å². The van der Waals surface area contributed by atoms with E-state index in [4.69, 9.17) is 0 Å². The molecule has 0 amide bonds. The van der Waals surface area contributed by atoms with E-state index in [0.29, 0.717) is 11.9 Å². The molecule has 3 rings (SSSR count). The third kappa shape index (κ3) is 2.14. The highest BCUT2D eigenvalue weighted by Gasteiger charge is 2.12. The average molecular weight is 288 g/mol. The Bertz CT molecular complexity index is 833. The van der Waals surface area contributed by atoms with Crippen molar-refractivity contribution < 1.29 is 4.39 Å². The van der Waals surface area contributed by atoms with Crippen LogP contribution in [0.5, 0.6) is 0 Å². The highest BCUT2D eigenvalue weighted by molar-refractivity contribution is 7.18. The van der Waals surface area contributed by atoms with Crippen LogP contribution in [-0.2, 0) is 6.54 Å². The number of fused-ring (bicyclic) bond motifs is 1. The molecule has 3 aromatic rings. The Morgan fingerprint density at radius 2 is 1.95 bits per heavy atom. The van der Waals surface area contributed by atoms with Gasteiger partial charge in [0, 0.05) is 4.88 Å². The Balaban J connectivity index is 2.08. The Hall–Kier alpha value is -2.01. The van der Waals surface area contributed by atoms with E-state index in [9.17, 15) is 9.18 Å². The van der Waals surface area contributed by atoms with Gasteiger partial charge in [-0.3, -0.25) is 9.36 Å². The first-order chi connectivity index (χ1) is 9.56. The molecular formula is C15H13FN2OS. The van der Waals surface area contributed by atoms with Crippen molar-refractivity contribution in [3.63, 3.8) is 0 Å². The van der Waals surface area contributed by atoms with E-state index in [1.165, 1.54) is 23.5 Å². The zero-order chi connectivity index (χ0) is 14.3. The Morgan fingerprint density at radius 3 is 2.65 bits per heavy atom. The van der Waals surface area contributed by atoms with Crippen molar-refractivity contribution in [3.05, 3.63) is 62.8 Å². The van der Waals surface area contributed by atoms with Gasteiger partial charge in [0.25, 0.3) is 5.56 Å². The molecule has 0 radical (unpaired) electrons. The van der Waals surface area contributed by atoms with Crippen LogP contribution in [0, 0.1) is 19.7 Å². The van der Waals surface area contributed by atoms with E-state index in [0.717, 1.165) is 20.8 Å². The molecule has 0 atom stereocenters. The number of hydrogen-bond acceptors (Lipinski definition) is 3. The van der Waals surface area contributed by atoms with Crippen LogP contribution in [0.15, 0.2) is 35.4 Å². The molecule has 0 saturated carbocycles. The maximum absolute atomic E-state index is 12.9. The molecular weight excluding hydrogens is 275 g/mol. The second-order valence-corrected chi connectivity index (χ2v) is 5.97. The lowest BCUT2D eigenvalue weighted by Gasteiger charge is -2.05. The minimum Gasteiger partial charge on any atom is -0.294 e. The van der Waals surface area contributed by atoms with Crippen molar-refractivity contribution in [1.29, 1.82) is 0 Å². The summed E-state index contributed by atoms with van der Waals surface area (Å²) < 4.78 is 14.5. The maximum atomic E-state index is 12.9. The first-order valence-corrected chi connectivity index (χ1v) is 7.07.